The predicted molar refractivity (Wildman–Crippen MR) is 125 cm³/mol. The highest BCUT2D eigenvalue weighted by atomic mass is 16.3. The summed E-state index contributed by atoms with van der Waals surface area (Å²) in [7, 11) is 3.13. The summed E-state index contributed by atoms with van der Waals surface area (Å²) in [5.74, 6) is -9.80. The monoisotopic (exact) mass is 484 g/mol. The Balaban J connectivity index is 1.85. The Morgan fingerprint density at radius 1 is 1.20 bits per heavy atom. The molecule has 0 saturated heterocycles. The molecule has 1 amide bonds. The Kier molecular flexibility index (Phi) is 6.22. The molecule has 0 bridgehead atoms. The molecule has 7 atom stereocenters. The lowest BCUT2D eigenvalue weighted by molar-refractivity contribution is -0.181. The summed E-state index contributed by atoms with van der Waals surface area (Å²) in [5, 5.41) is 22.1. The van der Waals surface area contributed by atoms with Crippen molar-refractivity contribution in [2.75, 3.05) is 14.1 Å². The van der Waals surface area contributed by atoms with Gasteiger partial charge in [-0.25, -0.2) is 0 Å². The standard InChI is InChI=1S/C26H32N2O7/c1-5-11(2)8-12-6-7-16(29)18-14(12)9-13-10-15-20(28(3)4)22(31)19(25(27)34)24(33)26(15,35)23(32)17(13)21(18)30/h6-7,11,13,15,17,19-20,29,35H,5,8-10H2,1-4H3,(H2,27,34)/t11?,13-,15-,17?,19?,20?,26-/m1/s1. The minimum atomic E-state index is -2.69. The first-order valence-electron chi connectivity index (χ1n) is 12.0. The third-order valence-electron chi connectivity index (χ3n) is 8.31. The lowest BCUT2D eigenvalue weighted by Crippen LogP contribution is -2.74. The minimum Gasteiger partial charge on any atom is -0.507 e. The van der Waals surface area contributed by atoms with Gasteiger partial charge in [-0.1, -0.05) is 26.3 Å². The van der Waals surface area contributed by atoms with Gasteiger partial charge in [0.2, 0.25) is 5.91 Å². The molecule has 4 N–H and O–H groups in total. The number of phenols is 1. The van der Waals surface area contributed by atoms with E-state index in [1.165, 1.54) is 11.0 Å². The van der Waals surface area contributed by atoms with Crippen molar-refractivity contribution in [3.05, 3.63) is 28.8 Å². The maximum Gasteiger partial charge on any atom is 0.235 e. The molecule has 0 spiro atoms. The lowest BCUT2D eigenvalue weighted by atomic mass is 9.52. The number of carbonyl (C=O) groups excluding carboxylic acids is 5. The van der Waals surface area contributed by atoms with Gasteiger partial charge in [-0.2, -0.15) is 0 Å². The van der Waals surface area contributed by atoms with E-state index in [0.29, 0.717) is 24.3 Å². The molecule has 9 heteroatoms. The van der Waals surface area contributed by atoms with E-state index < -0.39 is 64.4 Å². The first-order chi connectivity index (χ1) is 16.4. The number of amides is 1. The Morgan fingerprint density at radius 3 is 2.43 bits per heavy atom. The number of aromatic hydroxyl groups is 1. The van der Waals surface area contributed by atoms with Gasteiger partial charge >= 0.3 is 0 Å². The van der Waals surface area contributed by atoms with Crippen LogP contribution in [0.15, 0.2) is 12.1 Å². The van der Waals surface area contributed by atoms with Crippen molar-refractivity contribution in [3.63, 3.8) is 0 Å². The summed E-state index contributed by atoms with van der Waals surface area (Å²) in [6, 6.07) is 2.14. The van der Waals surface area contributed by atoms with Gasteiger partial charge in [0, 0.05) is 5.92 Å². The van der Waals surface area contributed by atoms with E-state index >= 15 is 0 Å². The number of hydrogen-bond donors (Lipinski definition) is 3. The zero-order valence-electron chi connectivity index (χ0n) is 20.4. The number of aliphatic hydroxyl groups is 1. The number of likely N-dealkylation sites (N-methyl/N-ethyl adjacent to an activating group) is 1. The van der Waals surface area contributed by atoms with Crippen molar-refractivity contribution >= 4 is 29.0 Å². The summed E-state index contributed by atoms with van der Waals surface area (Å²) in [5.41, 5.74) is 4.28. The number of fused-ring (bicyclic) bond motifs is 3. The summed E-state index contributed by atoms with van der Waals surface area (Å²) in [4.78, 5) is 67.2. The second-order valence-corrected chi connectivity index (χ2v) is 10.6. The van der Waals surface area contributed by atoms with Gasteiger partial charge in [0.25, 0.3) is 0 Å². The van der Waals surface area contributed by atoms with Gasteiger partial charge in [-0.3, -0.25) is 28.9 Å². The SMILES string of the molecule is CCC(C)Cc1ccc(O)c2c1C[C@@H]1C[C@@H]3C(N(C)C)C(=O)C(C(N)=O)C(=O)[C@]3(O)C(=O)C1C2=O. The van der Waals surface area contributed by atoms with Crippen LogP contribution in [0.25, 0.3) is 0 Å². The van der Waals surface area contributed by atoms with Crippen molar-refractivity contribution in [3.8, 4) is 5.75 Å². The van der Waals surface area contributed by atoms with Crippen LogP contribution in [-0.2, 0) is 32.0 Å². The first-order valence-corrected chi connectivity index (χ1v) is 12.0. The highest BCUT2D eigenvalue weighted by Crippen LogP contribution is 2.51. The topological polar surface area (TPSA) is 155 Å². The van der Waals surface area contributed by atoms with Crippen LogP contribution in [0, 0.1) is 29.6 Å². The number of primary amides is 1. The maximum atomic E-state index is 13.8. The molecule has 3 aliphatic carbocycles. The molecule has 2 saturated carbocycles. The van der Waals surface area contributed by atoms with E-state index in [1.54, 1.807) is 20.2 Å². The third kappa shape index (κ3) is 3.55. The highest BCUT2D eigenvalue weighted by molar-refractivity contribution is 6.32. The lowest BCUT2D eigenvalue weighted by Gasteiger charge is -2.52. The molecule has 4 rings (SSSR count). The van der Waals surface area contributed by atoms with Gasteiger partial charge in [0.15, 0.2) is 34.7 Å². The molecule has 2 fully saturated rings. The molecule has 35 heavy (non-hydrogen) atoms. The molecular weight excluding hydrogens is 452 g/mol. The number of ketones is 4. The average molecular weight is 485 g/mol. The van der Waals surface area contributed by atoms with Crippen LogP contribution < -0.4 is 5.73 Å². The number of rotatable bonds is 5. The van der Waals surface area contributed by atoms with E-state index in [2.05, 4.69) is 13.8 Å². The fourth-order valence-electron chi connectivity index (χ4n) is 6.38. The number of Topliss-reactive ketones (excluding diaryl/α,β-unsaturated/α-hetero) is 4. The smallest absolute Gasteiger partial charge is 0.235 e. The van der Waals surface area contributed by atoms with E-state index in [1.807, 2.05) is 0 Å². The van der Waals surface area contributed by atoms with Crippen molar-refractivity contribution in [2.24, 2.45) is 35.3 Å². The number of benzene rings is 1. The van der Waals surface area contributed by atoms with Crippen LogP contribution in [0.1, 0.15) is 48.2 Å². The summed E-state index contributed by atoms with van der Waals surface area (Å²) in [6.07, 6.45) is 1.98. The average Bonchev–Trinajstić information content (AvgIpc) is 2.77. The maximum absolute atomic E-state index is 13.8. The predicted octanol–water partition coefficient (Wildman–Crippen LogP) is 0.456. The van der Waals surface area contributed by atoms with Gasteiger partial charge < -0.3 is 15.9 Å². The molecule has 9 nitrogen and oxygen atoms in total. The normalized spacial score (nSPS) is 33.3. The van der Waals surface area contributed by atoms with Crippen LogP contribution in [0.2, 0.25) is 0 Å². The van der Waals surface area contributed by atoms with E-state index in [9.17, 15) is 34.2 Å². The molecule has 3 aliphatic rings. The largest absolute Gasteiger partial charge is 0.507 e. The van der Waals surface area contributed by atoms with Crippen LogP contribution in [0.4, 0.5) is 0 Å². The summed E-state index contributed by atoms with van der Waals surface area (Å²) in [6.45, 7) is 4.16. The number of nitrogens with two attached hydrogens (primary N) is 1. The molecule has 0 aromatic heterocycles. The molecule has 1 aromatic carbocycles. The second-order valence-electron chi connectivity index (χ2n) is 10.6. The van der Waals surface area contributed by atoms with Crippen LogP contribution >= 0.6 is 0 Å². The van der Waals surface area contributed by atoms with E-state index in [0.717, 1.165) is 12.0 Å². The fourth-order valence-corrected chi connectivity index (χ4v) is 6.38. The second kappa shape index (κ2) is 8.64. The first kappa shape index (κ1) is 25.2. The van der Waals surface area contributed by atoms with Crippen molar-refractivity contribution in [1.82, 2.24) is 4.90 Å². The third-order valence-corrected chi connectivity index (χ3v) is 8.31. The number of carbonyl (C=O) groups is 5. The summed E-state index contributed by atoms with van der Waals surface area (Å²) < 4.78 is 0. The van der Waals surface area contributed by atoms with Crippen LogP contribution in [0.5, 0.6) is 5.75 Å². The molecular formula is C26H32N2O7. The van der Waals surface area contributed by atoms with E-state index in [4.69, 9.17) is 5.73 Å². The quantitative estimate of drug-likeness (QED) is 0.509. The van der Waals surface area contributed by atoms with Gasteiger partial charge in [0.1, 0.15) is 5.75 Å². The molecule has 4 unspecified atom stereocenters. The van der Waals surface area contributed by atoms with Crippen LogP contribution in [-0.4, -0.2) is 69.9 Å². The van der Waals surface area contributed by atoms with Gasteiger partial charge in [-0.15, -0.1) is 0 Å². The molecule has 1 aromatic rings. The highest BCUT2D eigenvalue weighted by Gasteiger charge is 2.69. The zero-order chi connectivity index (χ0) is 26.0. The number of phenolic OH excluding ortho intramolecular Hbond substituents is 1. The van der Waals surface area contributed by atoms with Crippen molar-refractivity contribution in [1.29, 1.82) is 0 Å². The molecule has 0 radical (unpaired) electrons. The molecule has 0 aliphatic heterocycles. The van der Waals surface area contributed by atoms with Crippen molar-refractivity contribution in [2.45, 2.75) is 51.2 Å². The molecule has 0 heterocycles. The Hall–Kier alpha value is -2.91. The van der Waals surface area contributed by atoms with Gasteiger partial charge in [-0.05, 0) is 62.4 Å². The fraction of sp³-hybridized carbons (Fsp3) is 0.577. The Labute approximate surface area is 203 Å². The Morgan fingerprint density at radius 2 is 1.86 bits per heavy atom. The van der Waals surface area contributed by atoms with Crippen molar-refractivity contribution < 1.29 is 34.2 Å². The number of hydrogen-bond acceptors (Lipinski definition) is 8. The number of nitrogens with zero attached hydrogens (tertiary/aromatic N) is 1. The Bertz CT molecular complexity index is 1140. The molecule has 188 valence electrons. The minimum absolute atomic E-state index is 0.0531. The van der Waals surface area contributed by atoms with E-state index in [-0.39, 0.29) is 17.7 Å². The van der Waals surface area contributed by atoms with Gasteiger partial charge in [0.05, 0.1) is 17.5 Å². The zero-order valence-corrected chi connectivity index (χ0v) is 20.4. The summed E-state index contributed by atoms with van der Waals surface area (Å²) >= 11 is 0. The van der Waals surface area contributed by atoms with Crippen LogP contribution in [0.3, 0.4) is 0 Å².